The largest absolute Gasteiger partial charge is 0.457 e. The molecule has 2 saturated carbocycles. The number of aromatic nitrogens is 8. The lowest BCUT2D eigenvalue weighted by atomic mass is 10.1. The van der Waals surface area contributed by atoms with Crippen LogP contribution < -0.4 is 20.9 Å². The van der Waals surface area contributed by atoms with Crippen LogP contribution in [0.15, 0.2) is 110 Å². The number of anilines is 2. The van der Waals surface area contributed by atoms with Crippen LogP contribution >= 0.6 is 0 Å². The number of hydrogen-bond donors (Lipinski definition) is 4. The van der Waals surface area contributed by atoms with E-state index in [0.717, 1.165) is 36.8 Å². The smallest absolute Gasteiger partial charge is 0.164 e. The van der Waals surface area contributed by atoms with Gasteiger partial charge < -0.3 is 31.2 Å². The van der Waals surface area contributed by atoms with E-state index >= 15 is 0 Å². The van der Waals surface area contributed by atoms with E-state index in [9.17, 15) is 19.0 Å². The number of hydrogen-bond acceptors (Lipinski definition) is 12. The maximum atomic E-state index is 13.1. The Balaban J connectivity index is 0.000000154. The van der Waals surface area contributed by atoms with Gasteiger partial charge >= 0.3 is 0 Å². The van der Waals surface area contributed by atoms with Crippen molar-refractivity contribution in [3.8, 4) is 45.5 Å². The highest BCUT2D eigenvalue weighted by Crippen LogP contribution is 2.39. The highest BCUT2D eigenvalue weighted by Gasteiger charge is 2.30. The third-order valence-corrected chi connectivity index (χ3v) is 10.8. The maximum absolute atomic E-state index is 13.1. The quantitative estimate of drug-likeness (QED) is 0.115. The summed E-state index contributed by atoms with van der Waals surface area (Å²) >= 11 is 0. The molecule has 304 valence electrons. The van der Waals surface area contributed by atoms with Gasteiger partial charge in [-0.1, -0.05) is 0 Å². The van der Waals surface area contributed by atoms with Gasteiger partial charge in [0, 0.05) is 11.1 Å². The summed E-state index contributed by atoms with van der Waals surface area (Å²) in [4.78, 5) is 17.1. The number of ether oxygens (including phenoxy) is 2. The first-order chi connectivity index (χ1) is 29.2. The standard InChI is InChI=1S/2C22H20FN5O2/c2*23-14-3-9-18(10-4-14)30-17-7-1-13(2-8-17)20-19-21(24)25-12-26-22(19)28(27-20)15-5-6-16(29)11-15/h2*1-4,7-10,12,15-16,29H,5-6,11H2,(H2,24,25,26). The molecule has 0 spiro atoms. The van der Waals surface area contributed by atoms with Gasteiger partial charge in [0.15, 0.2) is 11.3 Å². The Morgan fingerprint density at radius 1 is 0.500 bits per heavy atom. The molecule has 10 rings (SSSR count). The first kappa shape index (κ1) is 38.5. The number of rotatable bonds is 8. The van der Waals surface area contributed by atoms with E-state index in [-0.39, 0.29) is 35.9 Å². The normalized spacial score (nSPS) is 18.7. The number of benzene rings is 4. The molecule has 8 aromatic rings. The fourth-order valence-corrected chi connectivity index (χ4v) is 7.86. The minimum atomic E-state index is -0.320. The molecule has 0 aliphatic heterocycles. The number of aliphatic hydroxyl groups is 2. The molecular weight excluding hydrogens is 771 g/mol. The van der Waals surface area contributed by atoms with Crippen molar-refractivity contribution in [3.05, 3.63) is 121 Å². The molecule has 4 unspecified atom stereocenters. The molecular formula is C44H40F2N10O4. The van der Waals surface area contributed by atoms with Crippen LogP contribution in [0.3, 0.4) is 0 Å². The van der Waals surface area contributed by atoms with E-state index < -0.39 is 0 Å². The Morgan fingerprint density at radius 3 is 1.18 bits per heavy atom. The summed E-state index contributed by atoms with van der Waals surface area (Å²) in [5.74, 6) is 2.46. The van der Waals surface area contributed by atoms with Crippen molar-refractivity contribution in [2.75, 3.05) is 11.5 Å². The summed E-state index contributed by atoms with van der Waals surface area (Å²) in [5, 5.41) is 30.9. The third-order valence-electron chi connectivity index (χ3n) is 10.8. The molecule has 2 aliphatic carbocycles. The minimum Gasteiger partial charge on any atom is -0.457 e. The Morgan fingerprint density at radius 2 is 0.850 bits per heavy atom. The van der Waals surface area contributed by atoms with E-state index in [1.165, 1.54) is 36.9 Å². The van der Waals surface area contributed by atoms with Crippen LogP contribution in [0.5, 0.6) is 23.0 Å². The van der Waals surface area contributed by atoms with E-state index in [1.54, 1.807) is 24.3 Å². The van der Waals surface area contributed by atoms with E-state index in [1.807, 2.05) is 57.9 Å². The predicted octanol–water partition coefficient (Wildman–Crippen LogP) is 8.19. The van der Waals surface area contributed by atoms with Gasteiger partial charge in [-0.15, -0.1) is 0 Å². The van der Waals surface area contributed by atoms with Crippen LogP contribution in [0.1, 0.15) is 50.6 Å². The molecule has 4 aromatic carbocycles. The van der Waals surface area contributed by atoms with E-state index in [0.29, 0.717) is 80.9 Å². The van der Waals surface area contributed by atoms with Crippen molar-refractivity contribution in [1.82, 2.24) is 39.5 Å². The summed E-state index contributed by atoms with van der Waals surface area (Å²) in [7, 11) is 0. The Hall–Kier alpha value is -7.04. The predicted molar refractivity (Wildman–Crippen MR) is 221 cm³/mol. The molecule has 16 heteroatoms. The zero-order valence-corrected chi connectivity index (χ0v) is 32.1. The molecule has 4 aromatic heterocycles. The van der Waals surface area contributed by atoms with Crippen LogP contribution in [0.2, 0.25) is 0 Å². The molecule has 0 bridgehead atoms. The Labute approximate surface area is 342 Å². The maximum Gasteiger partial charge on any atom is 0.164 e. The van der Waals surface area contributed by atoms with Crippen LogP contribution in [-0.4, -0.2) is 61.9 Å². The van der Waals surface area contributed by atoms with Gasteiger partial charge in [0.25, 0.3) is 0 Å². The molecule has 2 fully saturated rings. The van der Waals surface area contributed by atoms with Crippen molar-refractivity contribution in [2.24, 2.45) is 0 Å². The first-order valence-corrected chi connectivity index (χ1v) is 19.6. The molecule has 60 heavy (non-hydrogen) atoms. The summed E-state index contributed by atoms with van der Waals surface area (Å²) in [6, 6.07) is 26.7. The number of nitrogens with two attached hydrogens (primary N) is 2. The molecule has 4 atom stereocenters. The average Bonchev–Trinajstić information content (AvgIpc) is 4.06. The van der Waals surface area contributed by atoms with Crippen molar-refractivity contribution in [2.45, 2.75) is 62.8 Å². The van der Waals surface area contributed by atoms with Crippen molar-refractivity contribution in [3.63, 3.8) is 0 Å². The van der Waals surface area contributed by atoms with Gasteiger partial charge in [0.05, 0.1) is 35.1 Å². The monoisotopic (exact) mass is 810 g/mol. The molecule has 4 heterocycles. The topological polar surface area (TPSA) is 198 Å². The average molecular weight is 811 g/mol. The van der Waals surface area contributed by atoms with Crippen molar-refractivity contribution >= 4 is 33.7 Å². The number of nitrogens with zero attached hydrogens (tertiary/aromatic N) is 8. The zero-order valence-electron chi connectivity index (χ0n) is 32.1. The van der Waals surface area contributed by atoms with Crippen molar-refractivity contribution < 1.29 is 28.5 Å². The van der Waals surface area contributed by atoms with Gasteiger partial charge in [-0.05, 0) is 136 Å². The number of nitrogen functional groups attached to an aromatic ring is 2. The lowest BCUT2D eigenvalue weighted by molar-refractivity contribution is 0.177. The molecule has 0 saturated heterocycles. The van der Waals surface area contributed by atoms with Gasteiger partial charge in [-0.2, -0.15) is 10.2 Å². The fourth-order valence-electron chi connectivity index (χ4n) is 7.86. The molecule has 0 amide bonds. The number of fused-ring (bicyclic) bond motifs is 2. The molecule has 6 N–H and O–H groups in total. The second kappa shape index (κ2) is 16.3. The molecule has 2 aliphatic rings. The highest BCUT2D eigenvalue weighted by atomic mass is 19.1. The summed E-state index contributed by atoms with van der Waals surface area (Å²) < 4.78 is 41.4. The van der Waals surface area contributed by atoms with E-state index in [2.05, 4.69) is 19.9 Å². The van der Waals surface area contributed by atoms with Gasteiger partial charge in [-0.25, -0.2) is 38.1 Å². The fraction of sp³-hybridized carbons (Fsp3) is 0.227. The lowest BCUT2D eigenvalue weighted by Gasteiger charge is -2.10. The zero-order chi connectivity index (χ0) is 41.3. The van der Waals surface area contributed by atoms with Crippen LogP contribution in [0.4, 0.5) is 20.4 Å². The van der Waals surface area contributed by atoms with Gasteiger partial charge in [-0.3, -0.25) is 0 Å². The Bertz CT molecular complexity index is 2570. The minimum absolute atomic E-state index is 0.0756. The summed E-state index contributed by atoms with van der Waals surface area (Å²) in [5.41, 5.74) is 16.8. The van der Waals surface area contributed by atoms with Crippen LogP contribution in [-0.2, 0) is 0 Å². The third kappa shape index (κ3) is 7.89. The van der Waals surface area contributed by atoms with Crippen LogP contribution in [0.25, 0.3) is 44.6 Å². The summed E-state index contributed by atoms with van der Waals surface area (Å²) in [6.45, 7) is 0. The number of halogens is 2. The van der Waals surface area contributed by atoms with Gasteiger partial charge in [0.1, 0.15) is 70.3 Å². The first-order valence-electron chi connectivity index (χ1n) is 19.6. The molecule has 14 nitrogen and oxygen atoms in total. The SMILES string of the molecule is Nc1ncnc2c1c(-c1ccc(Oc3ccc(F)cc3)cc1)nn2C1CCC(O)C1.Nc1ncnc2c1c(-c1ccc(Oc3ccc(F)cc3)cc1)nn2C1CCC(O)C1. The van der Waals surface area contributed by atoms with Gasteiger partial charge in [0.2, 0.25) is 0 Å². The lowest BCUT2D eigenvalue weighted by Crippen LogP contribution is -2.09. The Kier molecular flexibility index (Phi) is 10.5. The number of aliphatic hydroxyl groups excluding tert-OH is 2. The van der Waals surface area contributed by atoms with Crippen molar-refractivity contribution in [1.29, 1.82) is 0 Å². The highest BCUT2D eigenvalue weighted by molar-refractivity contribution is 5.99. The molecule has 0 radical (unpaired) electrons. The second-order valence-corrected chi connectivity index (χ2v) is 14.9. The van der Waals surface area contributed by atoms with Crippen LogP contribution in [0, 0.1) is 11.6 Å². The van der Waals surface area contributed by atoms with E-state index in [4.69, 9.17) is 31.1 Å². The second-order valence-electron chi connectivity index (χ2n) is 14.9. The summed E-state index contributed by atoms with van der Waals surface area (Å²) in [6.07, 6.45) is 6.69.